The summed E-state index contributed by atoms with van der Waals surface area (Å²) in [5.41, 5.74) is 1.64. The van der Waals surface area contributed by atoms with Gasteiger partial charge in [0.2, 0.25) is 0 Å². The van der Waals surface area contributed by atoms with Gasteiger partial charge in [-0.25, -0.2) is 0 Å². The van der Waals surface area contributed by atoms with Gasteiger partial charge in [-0.05, 0) is 47.4 Å². The number of aromatic nitrogens is 2. The summed E-state index contributed by atoms with van der Waals surface area (Å²) in [7, 11) is 3.87. The maximum Gasteiger partial charge on any atom is 0.158 e. The molecule has 0 fully saturated rings. The van der Waals surface area contributed by atoms with Gasteiger partial charge in [0, 0.05) is 12.2 Å². The molecule has 1 aromatic rings. The van der Waals surface area contributed by atoms with E-state index in [1.54, 1.807) is 0 Å². The number of hydrogen-bond acceptors (Lipinski definition) is 3. The van der Waals surface area contributed by atoms with Crippen LogP contribution in [-0.4, -0.2) is 40.1 Å². The highest BCUT2D eigenvalue weighted by molar-refractivity contribution is 5.89. The zero-order valence-corrected chi connectivity index (χ0v) is 12.4. The molecule has 0 amide bonds. The van der Waals surface area contributed by atoms with Crippen molar-refractivity contribution in [2.24, 2.45) is 0 Å². The second-order valence-electron chi connectivity index (χ2n) is 5.35. The highest BCUT2D eigenvalue weighted by Crippen LogP contribution is 2.16. The number of nitrogens with zero attached hydrogens (tertiary/aromatic N) is 3. The first-order chi connectivity index (χ1) is 8.32. The van der Waals surface area contributed by atoms with Gasteiger partial charge in [-0.1, -0.05) is 6.92 Å². The van der Waals surface area contributed by atoms with Crippen molar-refractivity contribution in [2.75, 3.05) is 14.1 Å². The summed E-state index contributed by atoms with van der Waals surface area (Å²) < 4.78 is 1.93. The van der Waals surface area contributed by atoms with E-state index in [1.165, 1.54) is 0 Å². The van der Waals surface area contributed by atoms with Gasteiger partial charge in [-0.2, -0.15) is 5.10 Å². The molecule has 0 unspecified atom stereocenters. The lowest BCUT2D eigenvalue weighted by Crippen LogP contribution is -2.46. The van der Waals surface area contributed by atoms with Crippen molar-refractivity contribution in [1.29, 1.82) is 0 Å². The van der Waals surface area contributed by atoms with Crippen molar-refractivity contribution in [3.8, 4) is 0 Å². The summed E-state index contributed by atoms with van der Waals surface area (Å²) >= 11 is 0. The van der Waals surface area contributed by atoms with E-state index in [2.05, 4.69) is 18.9 Å². The van der Waals surface area contributed by atoms with Crippen LogP contribution in [0.2, 0.25) is 0 Å². The van der Waals surface area contributed by atoms with E-state index < -0.39 is 5.54 Å². The molecular weight excluding hydrogens is 226 g/mol. The minimum absolute atomic E-state index is 0.227. The van der Waals surface area contributed by atoms with Crippen LogP contribution in [0.1, 0.15) is 39.1 Å². The molecule has 4 nitrogen and oxygen atoms in total. The molecule has 0 saturated heterocycles. The molecule has 18 heavy (non-hydrogen) atoms. The first-order valence-corrected chi connectivity index (χ1v) is 6.59. The number of aryl methyl sites for hydroxylation is 2. The maximum absolute atomic E-state index is 12.4. The minimum Gasteiger partial charge on any atom is -0.298 e. The number of carbonyl (C=O) groups excluding carboxylic acids is 1. The van der Waals surface area contributed by atoms with Gasteiger partial charge < -0.3 is 0 Å². The number of carbonyl (C=O) groups is 1. The van der Waals surface area contributed by atoms with E-state index in [0.29, 0.717) is 6.42 Å². The van der Waals surface area contributed by atoms with Crippen molar-refractivity contribution in [3.63, 3.8) is 0 Å². The Kier molecular flexibility index (Phi) is 4.68. The SMILES string of the molecule is CCc1cc(CC(=O)C(C)(C)N(C)C)n(CC)n1. The third-order valence-corrected chi connectivity index (χ3v) is 3.72. The summed E-state index contributed by atoms with van der Waals surface area (Å²) in [5.74, 6) is 0.227. The van der Waals surface area contributed by atoms with Crippen molar-refractivity contribution in [1.82, 2.24) is 14.7 Å². The maximum atomic E-state index is 12.4. The average molecular weight is 251 g/mol. The Labute approximate surface area is 110 Å². The van der Waals surface area contributed by atoms with Gasteiger partial charge in [-0.3, -0.25) is 14.4 Å². The Morgan fingerprint density at radius 3 is 2.44 bits per heavy atom. The zero-order valence-electron chi connectivity index (χ0n) is 12.4. The Hall–Kier alpha value is -1.16. The van der Waals surface area contributed by atoms with Crippen LogP contribution in [0.25, 0.3) is 0 Å². The summed E-state index contributed by atoms with van der Waals surface area (Å²) in [6.07, 6.45) is 1.36. The standard InChI is InChI=1S/C14H25N3O/c1-7-11-9-12(17(8-2)15-11)10-13(18)14(3,4)16(5)6/h9H,7-8,10H2,1-6H3. The van der Waals surface area contributed by atoms with Crippen LogP contribution in [0, 0.1) is 0 Å². The molecule has 0 aliphatic rings. The fraction of sp³-hybridized carbons (Fsp3) is 0.714. The Balaban J connectivity index is 2.91. The fourth-order valence-electron chi connectivity index (χ4n) is 1.73. The molecule has 0 N–H and O–H groups in total. The number of ketones is 1. The normalized spacial score (nSPS) is 12.2. The Morgan fingerprint density at radius 1 is 1.39 bits per heavy atom. The predicted molar refractivity (Wildman–Crippen MR) is 73.8 cm³/mol. The molecule has 0 bridgehead atoms. The van der Waals surface area contributed by atoms with Crippen LogP contribution >= 0.6 is 0 Å². The highest BCUT2D eigenvalue weighted by Gasteiger charge is 2.30. The van der Waals surface area contributed by atoms with Crippen molar-refractivity contribution in [3.05, 3.63) is 17.5 Å². The number of rotatable bonds is 6. The quantitative estimate of drug-likeness (QED) is 0.775. The molecule has 102 valence electrons. The molecule has 0 saturated carbocycles. The average Bonchev–Trinajstić information content (AvgIpc) is 2.71. The molecule has 0 aliphatic heterocycles. The molecule has 1 aromatic heterocycles. The Morgan fingerprint density at radius 2 is 2.00 bits per heavy atom. The first kappa shape index (κ1) is 14.9. The van der Waals surface area contributed by atoms with E-state index in [9.17, 15) is 4.79 Å². The molecule has 0 radical (unpaired) electrons. The van der Waals surface area contributed by atoms with E-state index in [1.807, 2.05) is 43.6 Å². The summed E-state index contributed by atoms with van der Waals surface area (Å²) in [4.78, 5) is 14.3. The molecule has 1 heterocycles. The van der Waals surface area contributed by atoms with Gasteiger partial charge in [0.15, 0.2) is 5.78 Å². The molecule has 1 rings (SSSR count). The second kappa shape index (κ2) is 5.65. The first-order valence-electron chi connectivity index (χ1n) is 6.59. The number of hydrogen-bond donors (Lipinski definition) is 0. The monoisotopic (exact) mass is 251 g/mol. The van der Waals surface area contributed by atoms with Crippen LogP contribution < -0.4 is 0 Å². The lowest BCUT2D eigenvalue weighted by molar-refractivity contribution is -0.127. The summed E-state index contributed by atoms with van der Waals surface area (Å²) in [6, 6.07) is 2.05. The summed E-state index contributed by atoms with van der Waals surface area (Å²) in [5, 5.41) is 4.48. The van der Waals surface area contributed by atoms with Crippen molar-refractivity contribution in [2.45, 2.75) is 52.6 Å². The minimum atomic E-state index is -0.435. The molecule has 0 spiro atoms. The smallest absolute Gasteiger partial charge is 0.158 e. The van der Waals surface area contributed by atoms with Gasteiger partial charge in [0.05, 0.1) is 17.7 Å². The van der Waals surface area contributed by atoms with Gasteiger partial charge in [0.25, 0.3) is 0 Å². The van der Waals surface area contributed by atoms with Gasteiger partial charge in [-0.15, -0.1) is 0 Å². The largest absolute Gasteiger partial charge is 0.298 e. The van der Waals surface area contributed by atoms with Crippen LogP contribution in [0.5, 0.6) is 0 Å². The van der Waals surface area contributed by atoms with Crippen LogP contribution in [0.15, 0.2) is 6.07 Å². The van der Waals surface area contributed by atoms with Crippen molar-refractivity contribution >= 4 is 5.78 Å². The van der Waals surface area contributed by atoms with E-state index in [-0.39, 0.29) is 5.78 Å². The molecule has 0 aliphatic carbocycles. The molecular formula is C14H25N3O. The van der Waals surface area contributed by atoms with Gasteiger partial charge >= 0.3 is 0 Å². The van der Waals surface area contributed by atoms with Crippen LogP contribution in [0.3, 0.4) is 0 Å². The third-order valence-electron chi connectivity index (χ3n) is 3.72. The highest BCUT2D eigenvalue weighted by atomic mass is 16.1. The predicted octanol–water partition coefficient (Wildman–Crippen LogP) is 1.92. The van der Waals surface area contributed by atoms with E-state index in [4.69, 9.17) is 0 Å². The molecule has 0 atom stereocenters. The van der Waals surface area contributed by atoms with Crippen LogP contribution in [0.4, 0.5) is 0 Å². The third kappa shape index (κ3) is 2.99. The fourth-order valence-corrected chi connectivity index (χ4v) is 1.73. The van der Waals surface area contributed by atoms with Crippen LogP contribution in [-0.2, 0) is 24.2 Å². The lowest BCUT2D eigenvalue weighted by atomic mass is 9.94. The summed E-state index contributed by atoms with van der Waals surface area (Å²) in [6.45, 7) is 8.87. The number of Topliss-reactive ketones (excluding diaryl/α,β-unsaturated/α-hetero) is 1. The van der Waals surface area contributed by atoms with E-state index in [0.717, 1.165) is 24.4 Å². The van der Waals surface area contributed by atoms with E-state index >= 15 is 0 Å². The van der Waals surface area contributed by atoms with Crippen molar-refractivity contribution < 1.29 is 4.79 Å². The topological polar surface area (TPSA) is 38.1 Å². The second-order valence-corrected chi connectivity index (χ2v) is 5.35. The van der Waals surface area contributed by atoms with Gasteiger partial charge in [0.1, 0.15) is 0 Å². The Bertz CT molecular complexity index is 419. The lowest BCUT2D eigenvalue weighted by Gasteiger charge is -2.30. The zero-order chi connectivity index (χ0) is 13.9. The molecule has 4 heteroatoms. The number of likely N-dealkylation sites (N-methyl/N-ethyl adjacent to an activating group) is 1. The molecule has 0 aromatic carbocycles.